The van der Waals surface area contributed by atoms with E-state index in [1.807, 2.05) is 18.2 Å². The summed E-state index contributed by atoms with van der Waals surface area (Å²) in [5.41, 5.74) is 10.2. The molecule has 1 spiro atoms. The van der Waals surface area contributed by atoms with Gasteiger partial charge in [0.1, 0.15) is 6.29 Å². The highest BCUT2D eigenvalue weighted by molar-refractivity contribution is 6.30. The Balaban J connectivity index is 0.000000644. The Kier molecular flexibility index (Phi) is 13.2. The van der Waals surface area contributed by atoms with Crippen LogP contribution >= 0.6 is 11.6 Å². The number of unbranched alkanes of at least 4 members (excludes halogenated alkanes) is 1. The molecule has 2 aromatic carbocycles. The van der Waals surface area contributed by atoms with Crippen LogP contribution in [-0.2, 0) is 11.8 Å². The maximum absolute atomic E-state index is 11.8. The summed E-state index contributed by atoms with van der Waals surface area (Å²) < 4.78 is 32.7. The van der Waals surface area contributed by atoms with Gasteiger partial charge in [-0.05, 0) is 143 Å². The average molecular weight is 666 g/mol. The fraction of sp³-hybridized carbons (Fsp3) is 0.512. The van der Waals surface area contributed by atoms with Crippen molar-refractivity contribution in [3.05, 3.63) is 106 Å². The molecule has 254 valence electrons. The van der Waals surface area contributed by atoms with Crippen LogP contribution in [0.4, 0.5) is 18.9 Å². The summed E-state index contributed by atoms with van der Waals surface area (Å²) in [4.78, 5) is 11.8. The number of benzene rings is 2. The van der Waals surface area contributed by atoms with Crippen molar-refractivity contribution < 1.29 is 18.0 Å². The van der Waals surface area contributed by atoms with E-state index < -0.39 is 6.18 Å². The Morgan fingerprint density at radius 1 is 1.06 bits per heavy atom. The van der Waals surface area contributed by atoms with Crippen LogP contribution in [0, 0.1) is 5.92 Å². The highest BCUT2D eigenvalue weighted by Crippen LogP contribution is 2.56. The van der Waals surface area contributed by atoms with E-state index >= 15 is 0 Å². The maximum Gasteiger partial charge on any atom is 0.416 e. The van der Waals surface area contributed by atoms with Crippen LogP contribution in [0.5, 0.6) is 0 Å². The first-order valence-electron chi connectivity index (χ1n) is 17.5. The van der Waals surface area contributed by atoms with Crippen LogP contribution in [0.1, 0.15) is 125 Å². The number of allylic oxidation sites excluding steroid dienone is 5. The van der Waals surface area contributed by atoms with E-state index in [1.165, 1.54) is 81.8 Å². The van der Waals surface area contributed by atoms with Crippen molar-refractivity contribution in [2.75, 3.05) is 5.32 Å². The number of carbonyl (C=O) groups excluding carboxylic acids is 1. The summed E-state index contributed by atoms with van der Waals surface area (Å²) >= 11 is 6.32. The summed E-state index contributed by atoms with van der Waals surface area (Å²) in [5, 5.41) is 4.69. The van der Waals surface area contributed by atoms with Gasteiger partial charge >= 0.3 is 6.18 Å². The Bertz CT molecular complexity index is 1450. The molecule has 0 radical (unpaired) electrons. The first-order valence-corrected chi connectivity index (χ1v) is 17.8. The average Bonchev–Trinajstić information content (AvgIpc) is 3.35. The first-order chi connectivity index (χ1) is 22.6. The minimum absolute atomic E-state index is 0.0486. The van der Waals surface area contributed by atoms with Crippen LogP contribution in [0.25, 0.3) is 0 Å². The number of rotatable bonds is 10. The number of fused-ring (bicyclic) bond motifs is 2. The molecule has 1 atom stereocenters. The van der Waals surface area contributed by atoms with Crippen molar-refractivity contribution in [1.29, 1.82) is 0 Å². The number of aldehydes is 1. The number of alkyl halides is 3. The molecule has 1 unspecified atom stereocenters. The zero-order valence-corrected chi connectivity index (χ0v) is 28.9. The Morgan fingerprint density at radius 2 is 1.81 bits per heavy atom. The highest BCUT2D eigenvalue weighted by atomic mass is 35.5. The summed E-state index contributed by atoms with van der Waals surface area (Å²) in [6.45, 7) is 7.23. The SMILES string of the molecule is C/C=C\C(CCCCC1Cc2ccc(C=O)cc2C12CCC(CC)(Nc1cccc(Cl)c1)CC2)=C1CCCCC1.C=C=CC(F)(F)F. The summed E-state index contributed by atoms with van der Waals surface area (Å²) in [5.74, 6) is 0.665. The predicted molar refractivity (Wildman–Crippen MR) is 190 cm³/mol. The molecule has 1 N–H and O–H groups in total. The molecule has 3 aliphatic rings. The molecular formula is C41H51ClF3NO. The highest BCUT2D eigenvalue weighted by Gasteiger charge is 2.50. The Hall–Kier alpha value is -3.01. The lowest BCUT2D eigenvalue weighted by Gasteiger charge is -2.49. The molecule has 0 amide bonds. The number of carbonyl (C=O) groups is 1. The largest absolute Gasteiger partial charge is 0.416 e. The molecule has 0 aromatic heterocycles. The van der Waals surface area contributed by atoms with E-state index in [0.29, 0.717) is 5.92 Å². The molecule has 6 heteroatoms. The minimum Gasteiger partial charge on any atom is -0.380 e. The molecular weight excluding hydrogens is 615 g/mol. The van der Waals surface area contributed by atoms with Gasteiger partial charge in [0.2, 0.25) is 0 Å². The zero-order chi connectivity index (χ0) is 33.9. The van der Waals surface area contributed by atoms with Crippen molar-refractivity contribution >= 4 is 23.6 Å². The van der Waals surface area contributed by atoms with Gasteiger partial charge in [-0.15, -0.1) is 5.73 Å². The normalized spacial score (nSPS) is 23.9. The topological polar surface area (TPSA) is 29.1 Å². The van der Waals surface area contributed by atoms with Crippen molar-refractivity contribution in [2.24, 2.45) is 5.92 Å². The number of halogens is 4. The Labute approximate surface area is 285 Å². The molecule has 5 rings (SSSR count). The molecule has 2 aromatic rings. The van der Waals surface area contributed by atoms with Gasteiger partial charge in [0.25, 0.3) is 0 Å². The summed E-state index contributed by atoms with van der Waals surface area (Å²) in [6.07, 6.45) is 20.1. The van der Waals surface area contributed by atoms with Gasteiger partial charge in [-0.25, -0.2) is 0 Å². The van der Waals surface area contributed by atoms with Crippen LogP contribution in [0.15, 0.2) is 84.1 Å². The van der Waals surface area contributed by atoms with Crippen molar-refractivity contribution in [3.63, 3.8) is 0 Å². The zero-order valence-electron chi connectivity index (χ0n) is 28.2. The third-order valence-electron chi connectivity index (χ3n) is 10.9. The Morgan fingerprint density at radius 3 is 2.40 bits per heavy atom. The monoisotopic (exact) mass is 665 g/mol. The van der Waals surface area contributed by atoms with E-state index in [1.54, 1.807) is 16.9 Å². The van der Waals surface area contributed by atoms with Crippen molar-refractivity contribution in [3.8, 4) is 0 Å². The van der Waals surface area contributed by atoms with E-state index in [9.17, 15) is 18.0 Å². The third kappa shape index (κ3) is 9.77. The molecule has 47 heavy (non-hydrogen) atoms. The van der Waals surface area contributed by atoms with Gasteiger partial charge in [0.15, 0.2) is 0 Å². The number of nitrogens with one attached hydrogen (secondary N) is 1. The number of anilines is 1. The van der Waals surface area contributed by atoms with Crippen molar-refractivity contribution in [1.82, 2.24) is 0 Å². The number of hydrogen-bond acceptors (Lipinski definition) is 2. The molecule has 2 fully saturated rings. The summed E-state index contributed by atoms with van der Waals surface area (Å²) in [6, 6.07) is 14.7. The predicted octanol–water partition coefficient (Wildman–Crippen LogP) is 12.7. The van der Waals surface area contributed by atoms with Crippen LogP contribution < -0.4 is 5.32 Å². The third-order valence-corrected chi connectivity index (χ3v) is 11.1. The smallest absolute Gasteiger partial charge is 0.380 e. The van der Waals surface area contributed by atoms with E-state index in [4.69, 9.17) is 11.6 Å². The quantitative estimate of drug-likeness (QED) is 0.155. The molecule has 2 nitrogen and oxygen atoms in total. The maximum atomic E-state index is 11.8. The first kappa shape index (κ1) is 36.8. The summed E-state index contributed by atoms with van der Waals surface area (Å²) in [7, 11) is 0. The van der Waals surface area contributed by atoms with Gasteiger partial charge in [-0.3, -0.25) is 4.79 Å². The van der Waals surface area contributed by atoms with E-state index in [2.05, 4.69) is 62.2 Å². The molecule has 3 aliphatic carbocycles. The van der Waals surface area contributed by atoms with E-state index in [0.717, 1.165) is 48.2 Å². The van der Waals surface area contributed by atoms with E-state index in [-0.39, 0.29) is 17.0 Å². The van der Waals surface area contributed by atoms with Crippen LogP contribution in [-0.4, -0.2) is 18.0 Å². The molecule has 0 aliphatic heterocycles. The van der Waals surface area contributed by atoms with Crippen LogP contribution in [0.3, 0.4) is 0 Å². The second-order valence-corrected chi connectivity index (χ2v) is 14.1. The molecule has 2 saturated carbocycles. The minimum atomic E-state index is -4.25. The fourth-order valence-electron chi connectivity index (χ4n) is 8.36. The standard InChI is InChI=1S/C37H48ClNO.C4H3F3/c1-3-11-29(30-12-6-5-7-13-30)14-8-9-15-32-25-31-19-18-28(27-40)24-35(31)37(32)22-20-36(4-2,21-23-37)39-34-17-10-16-33(38)26-34;1-2-3-4(5,6)7/h3,10-11,16-19,24,26-27,32,39H,4-9,12-15,20-23,25H2,1-2H3;3H,1H2/b11-3-;. The lowest BCUT2D eigenvalue weighted by Crippen LogP contribution is -2.47. The molecule has 0 heterocycles. The van der Waals surface area contributed by atoms with Gasteiger partial charge in [0.05, 0.1) is 6.08 Å². The number of hydrogen-bond donors (Lipinski definition) is 1. The molecule has 0 bridgehead atoms. The second-order valence-electron chi connectivity index (χ2n) is 13.7. The fourth-order valence-corrected chi connectivity index (χ4v) is 8.55. The molecule has 0 saturated heterocycles. The van der Waals surface area contributed by atoms with Gasteiger partial charge in [0, 0.05) is 21.8 Å². The lowest BCUT2D eigenvalue weighted by atomic mass is 9.59. The van der Waals surface area contributed by atoms with Gasteiger partial charge < -0.3 is 5.32 Å². The lowest BCUT2D eigenvalue weighted by molar-refractivity contribution is -0.0796. The van der Waals surface area contributed by atoms with Crippen LogP contribution in [0.2, 0.25) is 5.02 Å². The second kappa shape index (κ2) is 16.9. The van der Waals surface area contributed by atoms with Gasteiger partial charge in [-0.1, -0.05) is 73.9 Å². The van der Waals surface area contributed by atoms with Crippen molar-refractivity contribution in [2.45, 2.75) is 127 Å². The van der Waals surface area contributed by atoms with Gasteiger partial charge in [-0.2, -0.15) is 13.2 Å².